The first kappa shape index (κ1) is 16.5. The van der Waals surface area contributed by atoms with Gasteiger partial charge in [-0.1, -0.05) is 35.9 Å². The summed E-state index contributed by atoms with van der Waals surface area (Å²) in [5, 5.41) is 3.80. The molecule has 0 bridgehead atoms. The molecule has 25 heavy (non-hydrogen) atoms. The van der Waals surface area contributed by atoms with E-state index in [-0.39, 0.29) is 0 Å². The summed E-state index contributed by atoms with van der Waals surface area (Å²) in [6.45, 7) is 3.23. The number of ether oxygens (including phenoxy) is 2. The first-order valence-corrected chi connectivity index (χ1v) is 9.24. The van der Waals surface area contributed by atoms with Crippen molar-refractivity contribution in [3.05, 3.63) is 58.7 Å². The Morgan fingerprint density at radius 2 is 2.00 bits per heavy atom. The topological polar surface area (TPSA) is 30.5 Å². The molecule has 0 amide bonds. The lowest BCUT2D eigenvalue weighted by molar-refractivity contribution is 0.335. The van der Waals surface area contributed by atoms with E-state index < -0.39 is 0 Å². The molecule has 0 aromatic heterocycles. The molecule has 1 aliphatic carbocycles. The summed E-state index contributed by atoms with van der Waals surface area (Å²) >= 11 is 0. The van der Waals surface area contributed by atoms with Crippen molar-refractivity contribution in [3.63, 3.8) is 0 Å². The van der Waals surface area contributed by atoms with Gasteiger partial charge in [0.05, 0.1) is 14.2 Å². The van der Waals surface area contributed by atoms with Crippen LogP contribution in [-0.2, 0) is 12.8 Å². The van der Waals surface area contributed by atoms with Crippen LogP contribution < -0.4 is 14.8 Å². The summed E-state index contributed by atoms with van der Waals surface area (Å²) in [5.74, 6) is 3.06. The Labute approximate surface area is 150 Å². The Morgan fingerprint density at radius 1 is 1.12 bits per heavy atom. The van der Waals surface area contributed by atoms with Crippen LogP contribution in [0, 0.1) is 12.8 Å². The zero-order chi connectivity index (χ0) is 17.4. The summed E-state index contributed by atoms with van der Waals surface area (Å²) in [4.78, 5) is 0. The third-order valence-electron chi connectivity index (χ3n) is 5.98. The molecular formula is C22H27NO2. The van der Waals surface area contributed by atoms with Crippen LogP contribution in [-0.4, -0.2) is 26.8 Å². The van der Waals surface area contributed by atoms with Gasteiger partial charge >= 0.3 is 0 Å². The highest BCUT2D eigenvalue weighted by Crippen LogP contribution is 2.47. The predicted molar refractivity (Wildman–Crippen MR) is 101 cm³/mol. The molecule has 3 unspecified atom stereocenters. The molecule has 1 heterocycles. The molecule has 2 aromatic carbocycles. The van der Waals surface area contributed by atoms with Gasteiger partial charge in [-0.2, -0.15) is 0 Å². The van der Waals surface area contributed by atoms with Gasteiger partial charge in [0.15, 0.2) is 11.5 Å². The van der Waals surface area contributed by atoms with E-state index >= 15 is 0 Å². The lowest BCUT2D eigenvalue weighted by atomic mass is 9.73. The summed E-state index contributed by atoms with van der Waals surface area (Å²) in [6.07, 6.45) is 3.40. The van der Waals surface area contributed by atoms with Crippen molar-refractivity contribution in [2.24, 2.45) is 5.92 Å². The maximum Gasteiger partial charge on any atom is 0.164 e. The Kier molecular flexibility index (Phi) is 4.43. The summed E-state index contributed by atoms with van der Waals surface area (Å²) in [5.41, 5.74) is 5.59. The van der Waals surface area contributed by atoms with Crippen molar-refractivity contribution in [2.45, 2.75) is 38.1 Å². The maximum absolute atomic E-state index is 5.67. The second-order valence-electron chi connectivity index (χ2n) is 7.39. The van der Waals surface area contributed by atoms with Gasteiger partial charge in [-0.05, 0) is 49.3 Å². The van der Waals surface area contributed by atoms with Crippen LogP contribution in [0.15, 0.2) is 36.4 Å². The molecule has 2 aromatic rings. The SMILES string of the molecule is COc1ccc2c(c1OC)CCC1C(Cc3cccc(C)c3)NCC21. The summed E-state index contributed by atoms with van der Waals surface area (Å²) in [7, 11) is 3.46. The van der Waals surface area contributed by atoms with E-state index in [0.29, 0.717) is 17.9 Å². The minimum absolute atomic E-state index is 0.563. The molecule has 1 fully saturated rings. The normalized spacial score (nSPS) is 24.5. The second kappa shape index (κ2) is 6.72. The highest BCUT2D eigenvalue weighted by molar-refractivity contribution is 5.53. The smallest absolute Gasteiger partial charge is 0.164 e. The van der Waals surface area contributed by atoms with Crippen LogP contribution in [0.5, 0.6) is 11.5 Å². The highest BCUT2D eigenvalue weighted by Gasteiger charge is 2.41. The van der Waals surface area contributed by atoms with Crippen LogP contribution >= 0.6 is 0 Å². The number of methoxy groups -OCH3 is 2. The standard InChI is InChI=1S/C22H27NO2/c1-14-5-4-6-15(11-14)12-20-17-7-8-18-16(19(17)13-23-20)9-10-21(24-2)22(18)25-3/h4-6,9-11,17,19-20,23H,7-8,12-13H2,1-3H3. The van der Waals surface area contributed by atoms with E-state index in [1.165, 1.54) is 28.7 Å². The van der Waals surface area contributed by atoms with Crippen molar-refractivity contribution in [2.75, 3.05) is 20.8 Å². The first-order chi connectivity index (χ1) is 12.2. The minimum atomic E-state index is 0.563. The Bertz CT molecular complexity index is 771. The van der Waals surface area contributed by atoms with E-state index in [9.17, 15) is 0 Å². The van der Waals surface area contributed by atoms with Gasteiger partial charge in [-0.15, -0.1) is 0 Å². The molecule has 0 radical (unpaired) electrons. The second-order valence-corrected chi connectivity index (χ2v) is 7.39. The van der Waals surface area contributed by atoms with Gasteiger partial charge in [-0.25, -0.2) is 0 Å². The maximum atomic E-state index is 5.67. The fourth-order valence-corrected chi connectivity index (χ4v) is 4.84. The lowest BCUT2D eigenvalue weighted by Gasteiger charge is -2.32. The van der Waals surface area contributed by atoms with Gasteiger partial charge in [-0.3, -0.25) is 0 Å². The molecule has 1 N–H and O–H groups in total. The highest BCUT2D eigenvalue weighted by atomic mass is 16.5. The van der Waals surface area contributed by atoms with E-state index in [1.807, 2.05) is 0 Å². The zero-order valence-corrected chi connectivity index (χ0v) is 15.3. The van der Waals surface area contributed by atoms with Crippen molar-refractivity contribution in [1.29, 1.82) is 0 Å². The molecule has 2 aliphatic rings. The number of nitrogens with one attached hydrogen (secondary N) is 1. The molecule has 0 saturated carbocycles. The minimum Gasteiger partial charge on any atom is -0.493 e. The van der Waals surface area contributed by atoms with Crippen molar-refractivity contribution >= 4 is 0 Å². The number of fused-ring (bicyclic) bond motifs is 3. The monoisotopic (exact) mass is 337 g/mol. The van der Waals surface area contributed by atoms with Crippen LogP contribution in [0.3, 0.4) is 0 Å². The average Bonchev–Trinajstić information content (AvgIpc) is 3.03. The van der Waals surface area contributed by atoms with Crippen molar-refractivity contribution in [1.82, 2.24) is 5.32 Å². The zero-order valence-electron chi connectivity index (χ0n) is 15.3. The van der Waals surface area contributed by atoms with E-state index in [2.05, 4.69) is 48.6 Å². The van der Waals surface area contributed by atoms with Gasteiger partial charge in [0, 0.05) is 24.1 Å². The molecule has 4 rings (SSSR count). The van der Waals surface area contributed by atoms with Gasteiger partial charge in [0.1, 0.15) is 0 Å². The van der Waals surface area contributed by atoms with Crippen LogP contribution in [0.4, 0.5) is 0 Å². The molecule has 1 aliphatic heterocycles. The van der Waals surface area contributed by atoms with Crippen LogP contribution in [0.25, 0.3) is 0 Å². The quantitative estimate of drug-likeness (QED) is 0.919. The molecule has 0 spiro atoms. The molecule has 3 heteroatoms. The van der Waals surface area contributed by atoms with E-state index in [1.54, 1.807) is 14.2 Å². The molecule has 3 atom stereocenters. The number of hydrogen-bond donors (Lipinski definition) is 1. The van der Waals surface area contributed by atoms with E-state index in [4.69, 9.17) is 9.47 Å². The molecule has 3 nitrogen and oxygen atoms in total. The summed E-state index contributed by atoms with van der Waals surface area (Å²) < 4.78 is 11.2. The fourth-order valence-electron chi connectivity index (χ4n) is 4.84. The van der Waals surface area contributed by atoms with Gasteiger partial charge in [0.25, 0.3) is 0 Å². The largest absolute Gasteiger partial charge is 0.493 e. The number of aryl methyl sites for hydroxylation is 1. The number of benzene rings is 2. The fraction of sp³-hybridized carbons (Fsp3) is 0.455. The predicted octanol–water partition coefficient (Wildman–Crippen LogP) is 3.87. The Hall–Kier alpha value is -2.00. The first-order valence-electron chi connectivity index (χ1n) is 9.24. The van der Waals surface area contributed by atoms with Gasteiger partial charge < -0.3 is 14.8 Å². The van der Waals surface area contributed by atoms with Crippen LogP contribution in [0.2, 0.25) is 0 Å². The van der Waals surface area contributed by atoms with Crippen molar-refractivity contribution in [3.8, 4) is 11.5 Å². The number of rotatable bonds is 4. The van der Waals surface area contributed by atoms with E-state index in [0.717, 1.165) is 30.9 Å². The Morgan fingerprint density at radius 3 is 2.76 bits per heavy atom. The van der Waals surface area contributed by atoms with Crippen molar-refractivity contribution < 1.29 is 9.47 Å². The molecule has 1 saturated heterocycles. The van der Waals surface area contributed by atoms with Crippen LogP contribution in [0.1, 0.15) is 34.6 Å². The molecule has 132 valence electrons. The third-order valence-corrected chi connectivity index (χ3v) is 5.98. The third kappa shape index (κ3) is 2.91. The number of hydrogen-bond acceptors (Lipinski definition) is 3. The van der Waals surface area contributed by atoms with Gasteiger partial charge in [0.2, 0.25) is 0 Å². The average molecular weight is 337 g/mol. The summed E-state index contributed by atoms with van der Waals surface area (Å²) in [6, 6.07) is 13.8. The molecular weight excluding hydrogens is 310 g/mol. The lowest BCUT2D eigenvalue weighted by Crippen LogP contribution is -2.31. The Balaban J connectivity index is 1.59.